The van der Waals surface area contributed by atoms with Gasteiger partial charge in [-0.2, -0.15) is 0 Å². The average Bonchev–Trinajstić information content (AvgIpc) is 2.72. The normalized spacial score (nSPS) is 10.9. The molecule has 0 radical (unpaired) electrons. The Morgan fingerprint density at radius 3 is 2.65 bits per heavy atom. The van der Waals surface area contributed by atoms with Gasteiger partial charge in [0.05, 0.1) is 5.52 Å². The van der Waals surface area contributed by atoms with E-state index in [-0.39, 0.29) is 0 Å². The van der Waals surface area contributed by atoms with Gasteiger partial charge in [0.2, 0.25) is 0 Å². The molecule has 0 saturated carbocycles. The Morgan fingerprint density at radius 1 is 1.00 bits per heavy atom. The van der Waals surface area contributed by atoms with Crippen molar-refractivity contribution in [1.82, 2.24) is 4.57 Å². The second-order valence-electron chi connectivity index (χ2n) is 4.18. The highest BCUT2D eigenvalue weighted by molar-refractivity contribution is 9.10. The summed E-state index contributed by atoms with van der Waals surface area (Å²) in [6.45, 7) is 2.14. The summed E-state index contributed by atoms with van der Waals surface area (Å²) >= 11 is 3.50. The van der Waals surface area contributed by atoms with Gasteiger partial charge in [-0.3, -0.25) is 0 Å². The quantitative estimate of drug-likeness (QED) is 0.611. The van der Waals surface area contributed by atoms with E-state index >= 15 is 0 Å². The minimum atomic E-state index is 1.12. The van der Waals surface area contributed by atoms with Gasteiger partial charge < -0.3 is 4.57 Å². The van der Waals surface area contributed by atoms with E-state index in [1.54, 1.807) is 0 Å². The summed E-state index contributed by atoms with van der Waals surface area (Å²) in [6.07, 6.45) is 2.12. The lowest BCUT2D eigenvalue weighted by Gasteiger charge is -2.08. The maximum Gasteiger partial charge on any atom is 0.0529 e. The van der Waals surface area contributed by atoms with Gasteiger partial charge in [0, 0.05) is 21.7 Å². The smallest absolute Gasteiger partial charge is 0.0529 e. The van der Waals surface area contributed by atoms with Crippen molar-refractivity contribution in [3.63, 3.8) is 0 Å². The van der Waals surface area contributed by atoms with E-state index in [0.29, 0.717) is 0 Å². The second kappa shape index (κ2) is 4.04. The molecule has 0 atom stereocenters. The van der Waals surface area contributed by atoms with Crippen molar-refractivity contribution in [1.29, 1.82) is 0 Å². The predicted octanol–water partition coefficient (Wildman–Crippen LogP) is 4.70. The maximum atomic E-state index is 3.50. The first kappa shape index (κ1) is 10.6. The van der Waals surface area contributed by atoms with Crippen molar-refractivity contribution in [3.8, 4) is 5.69 Å². The zero-order chi connectivity index (χ0) is 11.8. The van der Waals surface area contributed by atoms with Crippen LogP contribution in [0.5, 0.6) is 0 Å². The molecule has 0 unspecified atom stereocenters. The summed E-state index contributed by atoms with van der Waals surface area (Å²) in [4.78, 5) is 0. The van der Waals surface area contributed by atoms with Crippen LogP contribution in [0.1, 0.15) is 5.56 Å². The number of aromatic nitrogens is 1. The first-order valence-corrected chi connectivity index (χ1v) is 6.37. The van der Waals surface area contributed by atoms with Crippen LogP contribution in [0.15, 0.2) is 59.2 Å². The van der Waals surface area contributed by atoms with Gasteiger partial charge in [-0.25, -0.2) is 0 Å². The molecule has 0 fully saturated rings. The summed E-state index contributed by atoms with van der Waals surface area (Å²) < 4.78 is 3.35. The van der Waals surface area contributed by atoms with Gasteiger partial charge in [-0.05, 0) is 42.8 Å². The minimum absolute atomic E-state index is 1.12. The molecule has 1 aromatic heterocycles. The molecular formula is C15H12BrN. The van der Waals surface area contributed by atoms with Crippen molar-refractivity contribution >= 4 is 26.8 Å². The summed E-state index contributed by atoms with van der Waals surface area (Å²) in [5, 5.41) is 1.25. The van der Waals surface area contributed by atoms with Crippen LogP contribution in [0.3, 0.4) is 0 Å². The Kier molecular flexibility index (Phi) is 2.52. The Bertz CT molecular complexity index is 682. The number of aryl methyl sites for hydroxylation is 1. The topological polar surface area (TPSA) is 4.93 Å². The van der Waals surface area contributed by atoms with E-state index in [2.05, 4.69) is 82.1 Å². The highest BCUT2D eigenvalue weighted by Gasteiger charge is 2.04. The fourth-order valence-corrected chi connectivity index (χ4v) is 2.54. The van der Waals surface area contributed by atoms with E-state index < -0.39 is 0 Å². The minimum Gasteiger partial charge on any atom is -0.316 e. The molecule has 17 heavy (non-hydrogen) atoms. The number of halogens is 1. The Hall–Kier alpha value is -1.54. The molecule has 0 amide bonds. The van der Waals surface area contributed by atoms with Crippen LogP contribution in [-0.4, -0.2) is 4.57 Å². The average molecular weight is 286 g/mol. The van der Waals surface area contributed by atoms with Crippen molar-refractivity contribution in [2.45, 2.75) is 6.92 Å². The van der Waals surface area contributed by atoms with Gasteiger partial charge in [-0.1, -0.05) is 34.1 Å². The van der Waals surface area contributed by atoms with Gasteiger partial charge in [-0.15, -0.1) is 0 Å². The molecule has 2 heteroatoms. The van der Waals surface area contributed by atoms with Crippen molar-refractivity contribution < 1.29 is 0 Å². The second-order valence-corrected chi connectivity index (χ2v) is 5.09. The van der Waals surface area contributed by atoms with Gasteiger partial charge in [0.15, 0.2) is 0 Å². The molecule has 0 aliphatic rings. The van der Waals surface area contributed by atoms with Crippen LogP contribution < -0.4 is 0 Å². The van der Waals surface area contributed by atoms with Gasteiger partial charge in [0.1, 0.15) is 0 Å². The van der Waals surface area contributed by atoms with Gasteiger partial charge >= 0.3 is 0 Å². The number of hydrogen-bond acceptors (Lipinski definition) is 0. The van der Waals surface area contributed by atoms with Crippen molar-refractivity contribution in [3.05, 3.63) is 64.8 Å². The van der Waals surface area contributed by atoms with Gasteiger partial charge in [0.25, 0.3) is 0 Å². The van der Waals surface area contributed by atoms with Crippen molar-refractivity contribution in [2.75, 3.05) is 0 Å². The number of benzene rings is 2. The standard InChI is InChI=1S/C15H12BrN/c1-11-4-2-3-5-14(11)17-9-8-12-10-13(16)6-7-15(12)17/h2-10H,1H3. The van der Waals surface area contributed by atoms with Crippen molar-refractivity contribution in [2.24, 2.45) is 0 Å². The first-order chi connectivity index (χ1) is 8.25. The molecule has 1 nitrogen and oxygen atoms in total. The van der Waals surface area contributed by atoms with E-state index in [1.165, 1.54) is 22.2 Å². The molecule has 2 aromatic carbocycles. The molecule has 84 valence electrons. The summed E-state index contributed by atoms with van der Waals surface area (Å²) in [7, 11) is 0. The number of fused-ring (bicyclic) bond motifs is 1. The number of nitrogens with zero attached hydrogens (tertiary/aromatic N) is 1. The van der Waals surface area contributed by atoms with Crippen LogP contribution in [-0.2, 0) is 0 Å². The maximum absolute atomic E-state index is 3.50. The largest absolute Gasteiger partial charge is 0.316 e. The lowest BCUT2D eigenvalue weighted by atomic mass is 10.2. The zero-order valence-electron chi connectivity index (χ0n) is 9.52. The highest BCUT2D eigenvalue weighted by atomic mass is 79.9. The number of rotatable bonds is 1. The summed E-state index contributed by atoms with van der Waals surface area (Å²) in [6, 6.07) is 16.9. The molecular weight excluding hydrogens is 274 g/mol. The lowest BCUT2D eigenvalue weighted by molar-refractivity contribution is 1.10. The SMILES string of the molecule is Cc1ccccc1-n1ccc2cc(Br)ccc21. The number of hydrogen-bond donors (Lipinski definition) is 0. The van der Waals surface area contributed by atoms with Crippen LogP contribution >= 0.6 is 15.9 Å². The predicted molar refractivity (Wildman–Crippen MR) is 75.7 cm³/mol. The molecule has 0 aliphatic heterocycles. The molecule has 1 heterocycles. The Labute approximate surface area is 109 Å². The van der Waals surface area contributed by atoms with Crippen LogP contribution in [0.25, 0.3) is 16.6 Å². The lowest BCUT2D eigenvalue weighted by Crippen LogP contribution is -1.94. The highest BCUT2D eigenvalue weighted by Crippen LogP contribution is 2.25. The Balaban J connectivity index is 2.29. The molecule has 0 bridgehead atoms. The summed E-state index contributed by atoms with van der Waals surface area (Å²) in [5.41, 5.74) is 3.76. The van der Waals surface area contributed by atoms with Crippen LogP contribution in [0.2, 0.25) is 0 Å². The molecule has 3 aromatic rings. The summed E-state index contributed by atoms with van der Waals surface area (Å²) in [5.74, 6) is 0. The molecule has 3 rings (SSSR count). The van der Waals surface area contributed by atoms with Crippen LogP contribution in [0.4, 0.5) is 0 Å². The third-order valence-electron chi connectivity index (χ3n) is 3.03. The van der Waals surface area contributed by atoms with E-state index in [0.717, 1.165) is 4.47 Å². The van der Waals surface area contributed by atoms with E-state index in [1.807, 2.05) is 0 Å². The third kappa shape index (κ3) is 1.79. The fourth-order valence-electron chi connectivity index (χ4n) is 2.16. The third-order valence-corrected chi connectivity index (χ3v) is 3.52. The molecule has 0 aliphatic carbocycles. The monoisotopic (exact) mass is 285 g/mol. The number of para-hydroxylation sites is 1. The molecule has 0 spiro atoms. The van der Waals surface area contributed by atoms with Crippen LogP contribution in [0, 0.1) is 6.92 Å². The van der Waals surface area contributed by atoms with E-state index in [9.17, 15) is 0 Å². The zero-order valence-corrected chi connectivity index (χ0v) is 11.1. The first-order valence-electron chi connectivity index (χ1n) is 5.58. The van der Waals surface area contributed by atoms with E-state index in [4.69, 9.17) is 0 Å². The Morgan fingerprint density at radius 2 is 1.82 bits per heavy atom. The molecule has 0 saturated heterocycles. The fraction of sp³-hybridized carbons (Fsp3) is 0.0667. The molecule has 0 N–H and O–H groups in total.